The standard InChI is InChI=1S/C23H24N2O3S/c1-18-21(23(26)24-17-9-12-19-10-4-2-5-11-19)15-8-16-22(18)25-29(27,28)20-13-6-3-7-14-20/h2-8,10-11,13-16,25H,9,12,17H2,1H3,(H,24,26). The summed E-state index contributed by atoms with van der Waals surface area (Å²) >= 11 is 0. The molecule has 6 heteroatoms. The van der Waals surface area contributed by atoms with Crippen LogP contribution in [0.3, 0.4) is 0 Å². The van der Waals surface area contributed by atoms with E-state index in [9.17, 15) is 13.2 Å². The third-order valence-corrected chi connectivity index (χ3v) is 6.03. The van der Waals surface area contributed by atoms with E-state index in [0.29, 0.717) is 23.4 Å². The number of anilines is 1. The summed E-state index contributed by atoms with van der Waals surface area (Å²) in [6.45, 7) is 2.29. The summed E-state index contributed by atoms with van der Waals surface area (Å²) in [4.78, 5) is 12.8. The molecule has 0 aliphatic rings. The number of amides is 1. The largest absolute Gasteiger partial charge is 0.352 e. The van der Waals surface area contributed by atoms with Crippen molar-refractivity contribution >= 4 is 21.6 Å². The fraction of sp³-hybridized carbons (Fsp3) is 0.174. The minimum absolute atomic E-state index is 0.176. The van der Waals surface area contributed by atoms with Crippen LogP contribution in [0.1, 0.15) is 27.9 Å². The monoisotopic (exact) mass is 408 g/mol. The lowest BCUT2D eigenvalue weighted by molar-refractivity contribution is 0.0952. The molecular weight excluding hydrogens is 384 g/mol. The molecule has 3 aromatic carbocycles. The van der Waals surface area contributed by atoms with Crippen LogP contribution in [0.15, 0.2) is 83.8 Å². The highest BCUT2D eigenvalue weighted by molar-refractivity contribution is 7.92. The van der Waals surface area contributed by atoms with Gasteiger partial charge in [0.05, 0.1) is 10.6 Å². The molecule has 1 amide bonds. The van der Waals surface area contributed by atoms with Crippen molar-refractivity contribution in [1.82, 2.24) is 5.32 Å². The van der Waals surface area contributed by atoms with Gasteiger partial charge in [-0.25, -0.2) is 8.42 Å². The molecule has 0 heterocycles. The van der Waals surface area contributed by atoms with Crippen LogP contribution in [0.5, 0.6) is 0 Å². The molecule has 2 N–H and O–H groups in total. The maximum absolute atomic E-state index is 12.6. The molecule has 5 nitrogen and oxygen atoms in total. The Balaban J connectivity index is 1.64. The molecule has 3 rings (SSSR count). The zero-order valence-electron chi connectivity index (χ0n) is 16.3. The molecule has 0 saturated carbocycles. The van der Waals surface area contributed by atoms with E-state index in [1.807, 2.05) is 18.2 Å². The quantitative estimate of drug-likeness (QED) is 0.550. The number of carbonyl (C=O) groups excluding carboxylic acids is 1. The normalized spacial score (nSPS) is 11.1. The molecule has 0 aromatic heterocycles. The van der Waals surface area contributed by atoms with Gasteiger partial charge < -0.3 is 5.32 Å². The van der Waals surface area contributed by atoms with Gasteiger partial charge in [-0.05, 0) is 55.2 Å². The van der Waals surface area contributed by atoms with Gasteiger partial charge >= 0.3 is 0 Å². The number of nitrogens with one attached hydrogen (secondary N) is 2. The SMILES string of the molecule is Cc1c(NS(=O)(=O)c2ccccc2)cccc1C(=O)NCCCc1ccccc1. The Hall–Kier alpha value is -3.12. The van der Waals surface area contributed by atoms with Gasteiger partial charge in [-0.1, -0.05) is 54.6 Å². The fourth-order valence-electron chi connectivity index (χ4n) is 3.03. The summed E-state index contributed by atoms with van der Waals surface area (Å²) in [5, 5.41) is 2.92. The van der Waals surface area contributed by atoms with E-state index in [0.717, 1.165) is 12.8 Å². The predicted octanol–water partition coefficient (Wildman–Crippen LogP) is 4.16. The number of hydrogen-bond donors (Lipinski definition) is 2. The number of rotatable bonds is 8. The smallest absolute Gasteiger partial charge is 0.261 e. The molecule has 0 atom stereocenters. The number of hydrogen-bond acceptors (Lipinski definition) is 3. The Morgan fingerprint density at radius 2 is 1.52 bits per heavy atom. The predicted molar refractivity (Wildman–Crippen MR) is 116 cm³/mol. The number of aryl methyl sites for hydroxylation is 1. The van der Waals surface area contributed by atoms with Gasteiger partial charge in [-0.15, -0.1) is 0 Å². The first-order chi connectivity index (χ1) is 14.0. The van der Waals surface area contributed by atoms with Crippen LogP contribution in [-0.4, -0.2) is 20.9 Å². The van der Waals surface area contributed by atoms with Crippen molar-refractivity contribution in [3.63, 3.8) is 0 Å². The molecule has 0 radical (unpaired) electrons. The van der Waals surface area contributed by atoms with Crippen molar-refractivity contribution in [1.29, 1.82) is 0 Å². The molecule has 0 saturated heterocycles. The Morgan fingerprint density at radius 3 is 2.21 bits per heavy atom. The molecule has 150 valence electrons. The van der Waals surface area contributed by atoms with Gasteiger partial charge in [0.15, 0.2) is 0 Å². The Kier molecular flexibility index (Phi) is 6.67. The van der Waals surface area contributed by atoms with Gasteiger partial charge in [-0.2, -0.15) is 0 Å². The molecule has 0 unspecified atom stereocenters. The molecule has 0 fully saturated rings. The van der Waals surface area contributed by atoms with Crippen LogP contribution in [0.2, 0.25) is 0 Å². The number of carbonyl (C=O) groups is 1. The lowest BCUT2D eigenvalue weighted by Gasteiger charge is -2.14. The minimum atomic E-state index is -3.71. The second-order valence-electron chi connectivity index (χ2n) is 6.74. The number of sulfonamides is 1. The molecule has 3 aromatic rings. The van der Waals surface area contributed by atoms with Crippen molar-refractivity contribution in [3.05, 3.63) is 95.6 Å². The van der Waals surface area contributed by atoms with Crippen molar-refractivity contribution in [3.8, 4) is 0 Å². The van der Waals surface area contributed by atoms with Crippen LogP contribution in [0, 0.1) is 6.92 Å². The van der Waals surface area contributed by atoms with Gasteiger partial charge in [0.25, 0.3) is 15.9 Å². The first kappa shape index (κ1) is 20.6. The average molecular weight is 409 g/mol. The zero-order chi connectivity index (χ0) is 20.7. The Morgan fingerprint density at radius 1 is 0.862 bits per heavy atom. The highest BCUT2D eigenvalue weighted by atomic mass is 32.2. The number of benzene rings is 3. The topological polar surface area (TPSA) is 75.3 Å². The van der Waals surface area contributed by atoms with E-state index in [2.05, 4.69) is 22.2 Å². The van der Waals surface area contributed by atoms with E-state index < -0.39 is 10.0 Å². The summed E-state index contributed by atoms with van der Waals surface area (Å²) in [6.07, 6.45) is 1.71. The van der Waals surface area contributed by atoms with E-state index in [-0.39, 0.29) is 10.8 Å². The molecule has 29 heavy (non-hydrogen) atoms. The van der Waals surface area contributed by atoms with Crippen molar-refractivity contribution in [2.45, 2.75) is 24.7 Å². The zero-order valence-corrected chi connectivity index (χ0v) is 17.1. The van der Waals surface area contributed by atoms with Gasteiger partial charge in [0.2, 0.25) is 0 Å². The average Bonchev–Trinajstić information content (AvgIpc) is 2.74. The second kappa shape index (κ2) is 9.39. The van der Waals surface area contributed by atoms with Crippen LogP contribution in [0.25, 0.3) is 0 Å². The molecule has 0 aliphatic heterocycles. The summed E-state index contributed by atoms with van der Waals surface area (Å²) in [6, 6.07) is 23.3. The maximum atomic E-state index is 12.6. The van der Waals surface area contributed by atoms with E-state index in [4.69, 9.17) is 0 Å². The summed E-state index contributed by atoms with van der Waals surface area (Å²) in [5.41, 5.74) is 2.67. The van der Waals surface area contributed by atoms with Crippen LogP contribution in [0.4, 0.5) is 5.69 Å². The third kappa shape index (κ3) is 5.45. The molecular formula is C23H24N2O3S. The summed E-state index contributed by atoms with van der Waals surface area (Å²) in [7, 11) is -3.71. The van der Waals surface area contributed by atoms with Crippen molar-refractivity contribution in [2.75, 3.05) is 11.3 Å². The van der Waals surface area contributed by atoms with Gasteiger partial charge in [0, 0.05) is 12.1 Å². The molecule has 0 spiro atoms. The van der Waals surface area contributed by atoms with Crippen molar-refractivity contribution in [2.24, 2.45) is 0 Å². The van der Waals surface area contributed by atoms with Crippen LogP contribution < -0.4 is 10.0 Å². The third-order valence-electron chi connectivity index (χ3n) is 4.65. The molecule has 0 aliphatic carbocycles. The lowest BCUT2D eigenvalue weighted by Crippen LogP contribution is -2.26. The first-order valence-electron chi connectivity index (χ1n) is 9.47. The summed E-state index contributed by atoms with van der Waals surface area (Å²) < 4.78 is 27.7. The van der Waals surface area contributed by atoms with E-state index >= 15 is 0 Å². The van der Waals surface area contributed by atoms with Gasteiger partial charge in [0.1, 0.15) is 0 Å². The highest BCUT2D eigenvalue weighted by Gasteiger charge is 2.17. The van der Waals surface area contributed by atoms with Crippen LogP contribution in [-0.2, 0) is 16.4 Å². The Labute approximate surface area is 171 Å². The second-order valence-corrected chi connectivity index (χ2v) is 8.42. The van der Waals surface area contributed by atoms with E-state index in [1.165, 1.54) is 17.7 Å². The lowest BCUT2D eigenvalue weighted by atomic mass is 10.1. The highest BCUT2D eigenvalue weighted by Crippen LogP contribution is 2.22. The maximum Gasteiger partial charge on any atom is 0.261 e. The fourth-order valence-corrected chi connectivity index (χ4v) is 4.17. The van der Waals surface area contributed by atoms with Gasteiger partial charge in [-0.3, -0.25) is 9.52 Å². The summed E-state index contributed by atoms with van der Waals surface area (Å²) in [5.74, 6) is -0.212. The van der Waals surface area contributed by atoms with E-state index in [1.54, 1.807) is 43.3 Å². The Bertz CT molecular complexity index is 1070. The minimum Gasteiger partial charge on any atom is -0.352 e. The first-order valence-corrected chi connectivity index (χ1v) is 11.0. The van der Waals surface area contributed by atoms with Crippen LogP contribution >= 0.6 is 0 Å². The molecule has 0 bridgehead atoms. The van der Waals surface area contributed by atoms with Crippen molar-refractivity contribution < 1.29 is 13.2 Å².